The molecule has 2 heterocycles. The predicted molar refractivity (Wildman–Crippen MR) is 139 cm³/mol. The van der Waals surface area contributed by atoms with Crippen molar-refractivity contribution in [3.63, 3.8) is 0 Å². The van der Waals surface area contributed by atoms with Gasteiger partial charge < -0.3 is 33.5 Å². The lowest BCUT2D eigenvalue weighted by Gasteiger charge is -2.19. The summed E-state index contributed by atoms with van der Waals surface area (Å²) in [6.45, 7) is 2.12. The number of ether oxygens (including phenoxy) is 6. The highest BCUT2D eigenvalue weighted by Gasteiger charge is 2.51. The molecule has 13 heteroatoms. The highest BCUT2D eigenvalue weighted by atomic mass is 16.7. The van der Waals surface area contributed by atoms with Crippen LogP contribution in [0.2, 0.25) is 0 Å². The van der Waals surface area contributed by atoms with Gasteiger partial charge in [0.2, 0.25) is 6.29 Å². The maximum atomic E-state index is 12.6. The average molecular weight is 587 g/mol. The van der Waals surface area contributed by atoms with Crippen LogP contribution < -0.4 is 0 Å². The molecule has 2 fully saturated rings. The maximum absolute atomic E-state index is 12.6. The molecule has 0 aromatic carbocycles. The number of rotatable bonds is 19. The van der Waals surface area contributed by atoms with E-state index in [2.05, 4.69) is 11.7 Å². The molecule has 2 rings (SSSR count). The van der Waals surface area contributed by atoms with E-state index in [9.17, 15) is 28.8 Å². The first-order chi connectivity index (χ1) is 19.8. The van der Waals surface area contributed by atoms with Gasteiger partial charge in [-0.05, 0) is 32.1 Å². The molecule has 1 N–H and O–H groups in total. The molecule has 41 heavy (non-hydrogen) atoms. The molecule has 0 saturated carbocycles. The van der Waals surface area contributed by atoms with E-state index in [0.717, 1.165) is 57.8 Å². The SMILES string of the molecule is CCCCCCCCC(CCCCCCCOC(=O)C(=O)O)OC(=O)C(=O)O[C@@H]1COC2C1OC[C@H]2OC(=O)C=O. The Kier molecular flexibility index (Phi) is 15.9. The Morgan fingerprint density at radius 3 is 1.85 bits per heavy atom. The Hall–Kier alpha value is -3.06. The van der Waals surface area contributed by atoms with Crippen molar-refractivity contribution < 1.29 is 62.3 Å². The van der Waals surface area contributed by atoms with E-state index in [0.29, 0.717) is 19.3 Å². The zero-order valence-corrected chi connectivity index (χ0v) is 23.6. The van der Waals surface area contributed by atoms with Crippen LogP contribution >= 0.6 is 0 Å². The van der Waals surface area contributed by atoms with Crippen LogP contribution in [0.1, 0.15) is 90.4 Å². The molecular formula is C28H42O13. The fraction of sp³-hybridized carbons (Fsp3) is 0.786. The first-order valence-corrected chi connectivity index (χ1v) is 14.5. The van der Waals surface area contributed by atoms with Crippen molar-refractivity contribution in [2.75, 3.05) is 19.8 Å². The highest BCUT2D eigenvalue weighted by molar-refractivity contribution is 6.29. The van der Waals surface area contributed by atoms with Crippen molar-refractivity contribution in [2.45, 2.75) is 121 Å². The standard InChI is InChI=1S/C28H42O13/c1-2-3-4-5-7-10-13-19(14-11-8-6-9-12-15-36-26(33)25(31)32)39-27(34)28(35)41-21-18-38-23-20(17-37-24(21)23)40-22(30)16-29/h16,19-21,23-24H,2-15,17-18H2,1H3,(H,31,32)/t19?,20-,21-,23?,24?/m1/s1. The van der Waals surface area contributed by atoms with E-state index in [-0.39, 0.29) is 26.1 Å². The number of hydrogen-bond acceptors (Lipinski definition) is 12. The van der Waals surface area contributed by atoms with Crippen LogP contribution in [0.25, 0.3) is 0 Å². The normalized spacial score (nSPS) is 21.9. The number of aldehydes is 1. The number of esters is 4. The molecule has 2 saturated heterocycles. The van der Waals surface area contributed by atoms with Gasteiger partial charge in [0.1, 0.15) is 18.3 Å². The number of unbranched alkanes of at least 4 members (excludes halogenated alkanes) is 9. The van der Waals surface area contributed by atoms with Crippen LogP contribution in [0.5, 0.6) is 0 Å². The fourth-order valence-corrected chi connectivity index (χ4v) is 4.84. The van der Waals surface area contributed by atoms with Gasteiger partial charge in [-0.25, -0.2) is 24.0 Å². The summed E-state index contributed by atoms with van der Waals surface area (Å²) < 4.78 is 31.4. The molecule has 0 radical (unpaired) electrons. The van der Waals surface area contributed by atoms with E-state index < -0.39 is 60.4 Å². The fourth-order valence-electron chi connectivity index (χ4n) is 4.84. The van der Waals surface area contributed by atoms with Crippen molar-refractivity contribution in [2.24, 2.45) is 0 Å². The van der Waals surface area contributed by atoms with Crippen molar-refractivity contribution >= 4 is 36.1 Å². The number of aliphatic carboxylic acids is 1. The molecule has 13 nitrogen and oxygen atoms in total. The van der Waals surface area contributed by atoms with Gasteiger partial charge in [0.25, 0.3) is 0 Å². The lowest BCUT2D eigenvalue weighted by Crippen LogP contribution is -2.38. The summed E-state index contributed by atoms with van der Waals surface area (Å²) in [6.07, 6.45) is 7.82. The van der Waals surface area contributed by atoms with Crippen molar-refractivity contribution in [1.29, 1.82) is 0 Å². The second-order valence-electron chi connectivity index (χ2n) is 10.2. The minimum atomic E-state index is -1.61. The number of fused-ring (bicyclic) bond motifs is 1. The van der Waals surface area contributed by atoms with Gasteiger partial charge in [0.05, 0.1) is 19.8 Å². The van der Waals surface area contributed by atoms with Crippen molar-refractivity contribution in [3.8, 4) is 0 Å². The predicted octanol–water partition coefficient (Wildman–Crippen LogP) is 2.44. The first kappa shape index (κ1) is 34.1. The lowest BCUT2D eigenvalue weighted by atomic mass is 10.0. The summed E-state index contributed by atoms with van der Waals surface area (Å²) >= 11 is 0. The number of carbonyl (C=O) groups is 6. The van der Waals surface area contributed by atoms with Gasteiger partial charge in [-0.2, -0.15) is 0 Å². The summed E-state index contributed by atoms with van der Waals surface area (Å²) in [5, 5.41) is 8.49. The molecule has 0 aromatic rings. The minimum Gasteiger partial charge on any atom is -0.473 e. The van der Waals surface area contributed by atoms with E-state index in [4.69, 9.17) is 28.8 Å². The molecule has 0 aromatic heterocycles. The largest absolute Gasteiger partial charge is 0.473 e. The summed E-state index contributed by atoms with van der Waals surface area (Å²) in [5.74, 6) is -6.17. The van der Waals surface area contributed by atoms with Crippen molar-refractivity contribution in [3.05, 3.63) is 0 Å². The second kappa shape index (κ2) is 19.1. The number of carboxylic acid groups (broad SMARTS) is 1. The summed E-state index contributed by atoms with van der Waals surface area (Å²) in [6, 6.07) is 0. The third kappa shape index (κ3) is 12.6. The van der Waals surface area contributed by atoms with Gasteiger partial charge >= 0.3 is 29.8 Å². The van der Waals surface area contributed by atoms with E-state index in [1.54, 1.807) is 0 Å². The van der Waals surface area contributed by atoms with Crippen LogP contribution in [0.3, 0.4) is 0 Å². The number of carboxylic acids is 1. The Labute approximate surface area is 239 Å². The average Bonchev–Trinajstić information content (AvgIpc) is 3.54. The third-order valence-electron chi connectivity index (χ3n) is 6.98. The Morgan fingerprint density at radius 1 is 0.756 bits per heavy atom. The molecule has 2 aliphatic rings. The molecular weight excluding hydrogens is 544 g/mol. The van der Waals surface area contributed by atoms with Crippen LogP contribution in [0.15, 0.2) is 0 Å². The van der Waals surface area contributed by atoms with Crippen LogP contribution in [-0.4, -0.2) is 91.6 Å². The smallest absolute Gasteiger partial charge is 0.417 e. The lowest BCUT2D eigenvalue weighted by molar-refractivity contribution is -0.177. The molecule has 0 aliphatic carbocycles. The van der Waals surface area contributed by atoms with Gasteiger partial charge in [-0.3, -0.25) is 4.79 Å². The van der Waals surface area contributed by atoms with Crippen LogP contribution in [0, 0.1) is 0 Å². The topological polar surface area (TPSA) is 178 Å². The monoisotopic (exact) mass is 586 g/mol. The molecule has 2 aliphatic heterocycles. The second-order valence-corrected chi connectivity index (χ2v) is 10.2. The quantitative estimate of drug-likeness (QED) is 0.0768. The molecule has 5 atom stereocenters. The van der Waals surface area contributed by atoms with E-state index in [1.807, 2.05) is 0 Å². The minimum absolute atomic E-state index is 0.0266. The van der Waals surface area contributed by atoms with Gasteiger partial charge in [-0.1, -0.05) is 58.3 Å². The van der Waals surface area contributed by atoms with E-state index in [1.165, 1.54) is 6.42 Å². The van der Waals surface area contributed by atoms with Gasteiger partial charge in [0, 0.05) is 0 Å². The first-order valence-electron chi connectivity index (χ1n) is 14.5. The highest BCUT2D eigenvalue weighted by Crippen LogP contribution is 2.30. The Balaban J connectivity index is 1.75. The Morgan fingerprint density at radius 2 is 1.29 bits per heavy atom. The van der Waals surface area contributed by atoms with Crippen molar-refractivity contribution in [1.82, 2.24) is 0 Å². The molecule has 0 spiro atoms. The summed E-state index contributed by atoms with van der Waals surface area (Å²) in [5.41, 5.74) is 0. The Bertz CT molecular complexity index is 873. The van der Waals surface area contributed by atoms with Crippen LogP contribution in [0.4, 0.5) is 0 Å². The molecule has 0 amide bonds. The number of carbonyl (C=O) groups excluding carboxylic acids is 5. The van der Waals surface area contributed by atoms with E-state index >= 15 is 0 Å². The number of hydrogen-bond donors (Lipinski definition) is 1. The zero-order valence-electron chi connectivity index (χ0n) is 23.6. The molecule has 232 valence electrons. The van der Waals surface area contributed by atoms with Gasteiger partial charge in [-0.15, -0.1) is 0 Å². The molecule has 3 unspecified atom stereocenters. The third-order valence-corrected chi connectivity index (χ3v) is 6.98. The van der Waals surface area contributed by atoms with Gasteiger partial charge in [0.15, 0.2) is 12.2 Å². The summed E-state index contributed by atoms with van der Waals surface area (Å²) in [4.78, 5) is 68.3. The summed E-state index contributed by atoms with van der Waals surface area (Å²) in [7, 11) is 0. The molecule has 0 bridgehead atoms. The van der Waals surface area contributed by atoms with Crippen LogP contribution in [-0.2, 0) is 57.2 Å². The zero-order chi connectivity index (χ0) is 30.0. The maximum Gasteiger partial charge on any atom is 0.417 e.